The molecule has 0 aromatic carbocycles. The maximum atomic E-state index is 6.77. The van der Waals surface area contributed by atoms with Crippen LogP contribution in [-0.2, 0) is 23.7 Å². The highest BCUT2D eigenvalue weighted by atomic mass is 16.9. The van der Waals surface area contributed by atoms with Crippen LogP contribution in [0.1, 0.15) is 27.7 Å². The molecule has 3 heterocycles. The minimum Gasteiger partial charge on any atom is -0.342 e. The Balaban J connectivity index is 1.85. The van der Waals surface area contributed by atoms with Crippen LogP contribution in [-0.4, -0.2) is 48.8 Å². The van der Waals surface area contributed by atoms with Crippen LogP contribution in [0.5, 0.6) is 0 Å². The van der Waals surface area contributed by atoms with E-state index in [1.54, 1.807) is 0 Å². The van der Waals surface area contributed by atoms with Crippen LogP contribution >= 0.6 is 0 Å². The summed E-state index contributed by atoms with van der Waals surface area (Å²) in [5.41, 5.74) is 6.77. The molecule has 0 aromatic rings. The normalized spacial score (nSPS) is 44.5. The Morgan fingerprint density at radius 1 is 0.950 bits per heavy atom. The van der Waals surface area contributed by atoms with E-state index in [-0.39, 0.29) is 31.0 Å². The van der Waals surface area contributed by atoms with E-state index in [9.17, 15) is 0 Å². The summed E-state index contributed by atoms with van der Waals surface area (Å²) in [6.45, 7) is 7.61. The van der Waals surface area contributed by atoms with Gasteiger partial charge in [0.05, 0.1) is 0 Å². The van der Waals surface area contributed by atoms with Crippen LogP contribution in [0.4, 0.5) is 0 Å². The molecule has 1 N–H and O–H groups in total. The molecule has 0 spiro atoms. The summed E-state index contributed by atoms with van der Waals surface area (Å²) in [5, 5.41) is 3.69. The molecule has 0 amide bonds. The van der Waals surface area contributed by atoms with Gasteiger partial charge in [0.15, 0.2) is 24.4 Å². The van der Waals surface area contributed by atoms with Gasteiger partial charge in [-0.25, -0.2) is 0 Å². The molecule has 0 aliphatic carbocycles. The van der Waals surface area contributed by atoms with E-state index in [4.69, 9.17) is 29.2 Å². The fourth-order valence-corrected chi connectivity index (χ4v) is 2.96. The third-order valence-corrected chi connectivity index (χ3v) is 3.58. The predicted octanol–water partition coefficient (Wildman–Crippen LogP) is 0.933. The molecule has 0 saturated carbocycles. The first-order chi connectivity index (χ1) is 9.31. The monoisotopic (exact) mass is 286 g/mol. The fraction of sp³-hybridized carbons (Fsp3) is 1.00. The lowest BCUT2D eigenvalue weighted by molar-refractivity contribution is -0.231. The molecule has 0 radical (unpaired) electrons. The highest BCUT2D eigenvalue weighted by Crippen LogP contribution is 2.43. The van der Waals surface area contributed by atoms with Gasteiger partial charge in [0.1, 0.15) is 35.1 Å². The maximum absolute atomic E-state index is 6.77. The van der Waals surface area contributed by atoms with E-state index in [1.807, 2.05) is 27.7 Å². The number of ether oxygens (including phenoxy) is 5. The Morgan fingerprint density at radius 3 is 2.25 bits per heavy atom. The van der Waals surface area contributed by atoms with E-state index in [2.05, 4.69) is 10.0 Å². The van der Waals surface area contributed by atoms with Crippen molar-refractivity contribution in [2.45, 2.75) is 70.0 Å². The highest BCUT2D eigenvalue weighted by Gasteiger charge is 2.60. The minimum absolute atomic E-state index is 0.233. The molecule has 3 aliphatic rings. The van der Waals surface area contributed by atoms with Gasteiger partial charge >= 0.3 is 0 Å². The van der Waals surface area contributed by atoms with Gasteiger partial charge in [-0.3, -0.25) is 0 Å². The molecule has 3 rings (SSSR count). The summed E-state index contributed by atoms with van der Waals surface area (Å²) in [6, 6.07) is 0. The lowest BCUT2D eigenvalue weighted by atomic mass is 9.99. The van der Waals surface area contributed by atoms with E-state index in [0.29, 0.717) is 0 Å². The van der Waals surface area contributed by atoms with Crippen LogP contribution in [0, 0.1) is 5.53 Å². The third kappa shape index (κ3) is 2.39. The van der Waals surface area contributed by atoms with Crippen LogP contribution < -0.4 is 4.91 Å². The van der Waals surface area contributed by atoms with Gasteiger partial charge < -0.3 is 23.7 Å². The van der Waals surface area contributed by atoms with Gasteiger partial charge in [-0.1, -0.05) is 0 Å². The molecule has 3 saturated heterocycles. The van der Waals surface area contributed by atoms with Crippen molar-refractivity contribution in [2.24, 2.45) is 5.11 Å². The largest absolute Gasteiger partial charge is 0.342 e. The Hall–Kier alpha value is -0.890. The Bertz CT molecular complexity index is 448. The second kappa shape index (κ2) is 4.56. The van der Waals surface area contributed by atoms with Crippen molar-refractivity contribution in [2.75, 3.05) is 6.54 Å². The maximum Gasteiger partial charge on any atom is 0.214 e. The zero-order chi connectivity index (χ0) is 14.5. The number of hydrogen-bond donors (Lipinski definition) is 1. The van der Waals surface area contributed by atoms with Crippen molar-refractivity contribution >= 4 is 0 Å². The van der Waals surface area contributed by atoms with E-state index >= 15 is 0 Å². The average molecular weight is 286 g/mol. The number of rotatable bonds is 2. The van der Waals surface area contributed by atoms with E-state index in [1.165, 1.54) is 0 Å². The Kier molecular flexibility index (Phi) is 3.20. The number of fused-ring (bicyclic) bond motifs is 3. The lowest BCUT2D eigenvalue weighted by Gasteiger charge is -2.35. The van der Waals surface area contributed by atoms with Crippen molar-refractivity contribution in [1.82, 2.24) is 4.91 Å². The van der Waals surface area contributed by atoms with Crippen molar-refractivity contribution in [1.29, 1.82) is 5.53 Å². The molecular formula is C12H20N3O5+. The molecule has 20 heavy (non-hydrogen) atoms. The van der Waals surface area contributed by atoms with Crippen molar-refractivity contribution in [3.8, 4) is 0 Å². The standard InChI is InChI=1S/C12H20N3O5/c1-11(2)17-7-6(5-14-15-13)16-10-9(8(7)18-11)19-12(3,4)20-10/h6-10,13H,5H2,1-4H3/q+1. The van der Waals surface area contributed by atoms with Gasteiger partial charge in [-0.15, -0.1) is 0 Å². The smallest absolute Gasteiger partial charge is 0.214 e. The fourth-order valence-electron chi connectivity index (χ4n) is 2.96. The lowest BCUT2D eigenvalue weighted by Crippen LogP contribution is -2.55. The molecule has 0 aromatic heterocycles. The minimum atomic E-state index is -0.720. The van der Waals surface area contributed by atoms with Crippen LogP contribution in [0.25, 0.3) is 0 Å². The van der Waals surface area contributed by atoms with Crippen molar-refractivity contribution < 1.29 is 23.7 Å². The zero-order valence-electron chi connectivity index (χ0n) is 12.0. The second-order valence-corrected chi connectivity index (χ2v) is 6.13. The first-order valence-corrected chi connectivity index (χ1v) is 6.71. The highest BCUT2D eigenvalue weighted by molar-refractivity contribution is 5.00. The Morgan fingerprint density at radius 2 is 1.55 bits per heavy atom. The Labute approximate surface area is 116 Å². The molecular weight excluding hydrogens is 266 g/mol. The van der Waals surface area contributed by atoms with Gasteiger partial charge in [0, 0.05) is 0 Å². The summed E-state index contributed by atoms with van der Waals surface area (Å²) < 4.78 is 29.3. The van der Waals surface area contributed by atoms with Gasteiger partial charge in [0.25, 0.3) is 0 Å². The summed E-state index contributed by atoms with van der Waals surface area (Å²) in [7, 11) is 0. The van der Waals surface area contributed by atoms with Crippen LogP contribution in [0.15, 0.2) is 5.11 Å². The zero-order valence-corrected chi connectivity index (χ0v) is 12.0. The molecule has 0 bridgehead atoms. The van der Waals surface area contributed by atoms with E-state index < -0.39 is 17.9 Å². The topological polar surface area (TPSA) is 96.5 Å². The summed E-state index contributed by atoms with van der Waals surface area (Å²) >= 11 is 0. The summed E-state index contributed by atoms with van der Waals surface area (Å²) in [6.07, 6.45) is -1.81. The summed E-state index contributed by atoms with van der Waals surface area (Å²) in [5.74, 6) is -1.43. The molecule has 8 nitrogen and oxygen atoms in total. The first-order valence-electron chi connectivity index (χ1n) is 6.71. The van der Waals surface area contributed by atoms with Crippen molar-refractivity contribution in [3.05, 3.63) is 0 Å². The quantitative estimate of drug-likeness (QED) is 0.601. The van der Waals surface area contributed by atoms with Crippen LogP contribution in [0.2, 0.25) is 0 Å². The number of hydrogen-bond acceptors (Lipinski definition) is 7. The molecule has 112 valence electrons. The van der Waals surface area contributed by atoms with Crippen molar-refractivity contribution in [3.63, 3.8) is 0 Å². The number of nitrogens with one attached hydrogen (secondary N) is 1. The summed E-state index contributed by atoms with van der Waals surface area (Å²) in [4.78, 5) is 3.02. The first kappa shape index (κ1) is 14.1. The van der Waals surface area contributed by atoms with Gasteiger partial charge in [0.2, 0.25) is 4.91 Å². The van der Waals surface area contributed by atoms with E-state index in [0.717, 1.165) is 0 Å². The third-order valence-electron chi connectivity index (χ3n) is 3.58. The molecule has 3 fully saturated rings. The van der Waals surface area contributed by atoms with Gasteiger partial charge in [-0.2, -0.15) is 0 Å². The molecule has 5 unspecified atom stereocenters. The van der Waals surface area contributed by atoms with Gasteiger partial charge in [-0.05, 0) is 27.7 Å². The molecule has 5 atom stereocenters. The second-order valence-electron chi connectivity index (χ2n) is 6.13. The molecule has 3 aliphatic heterocycles. The average Bonchev–Trinajstić information content (AvgIpc) is 2.80. The predicted molar refractivity (Wildman–Crippen MR) is 64.7 cm³/mol. The number of nitrogens with zero attached hydrogens (tertiary/aromatic N) is 2. The SMILES string of the molecule is CC1(C)OC2OC(CN=[N+]=N)C3OC(C)(C)OC3C2O1. The molecule has 8 heteroatoms. The van der Waals surface area contributed by atoms with Crippen LogP contribution in [0.3, 0.4) is 0 Å².